The quantitative estimate of drug-likeness (QED) is 0.128. The third kappa shape index (κ3) is 14.2. The number of carbonyl (C=O) groups excluding carboxylic acids is 1. The van der Waals surface area contributed by atoms with Gasteiger partial charge in [-0.15, -0.1) is 0 Å². The summed E-state index contributed by atoms with van der Waals surface area (Å²) < 4.78 is 11.9. The highest BCUT2D eigenvalue weighted by molar-refractivity contribution is 5.66. The highest BCUT2D eigenvalue weighted by atomic mass is 16.7. The summed E-state index contributed by atoms with van der Waals surface area (Å²) in [6.07, 6.45) is 15.1. The van der Waals surface area contributed by atoms with Crippen LogP contribution in [0.15, 0.2) is 30.3 Å². The van der Waals surface area contributed by atoms with Crippen LogP contribution in [0.2, 0.25) is 0 Å². The Hall–Kier alpha value is -1.88. The lowest BCUT2D eigenvalue weighted by atomic mass is 10.0. The van der Waals surface area contributed by atoms with Crippen LogP contribution in [-0.2, 0) is 25.7 Å². The summed E-state index contributed by atoms with van der Waals surface area (Å²) in [7, 11) is 0. The third-order valence-corrected chi connectivity index (χ3v) is 5.75. The maximum Gasteiger partial charge on any atom is 0.305 e. The van der Waals surface area contributed by atoms with E-state index in [1.54, 1.807) is 0 Å². The van der Waals surface area contributed by atoms with Crippen LogP contribution in [0.3, 0.4) is 0 Å². The topological polar surface area (TPSA) is 72.8 Å². The molecule has 0 radical (unpaired) electrons. The first kappa shape index (κ1) is 28.2. The molecule has 1 rings (SSSR count). The molecule has 0 bridgehead atoms. The molecular formula is C27H44O5. The first-order valence-electron chi connectivity index (χ1n) is 12.6. The molecule has 0 aliphatic carbocycles. The minimum atomic E-state index is -0.822. The first-order valence-corrected chi connectivity index (χ1v) is 12.6. The van der Waals surface area contributed by atoms with Crippen molar-refractivity contribution in [2.24, 2.45) is 0 Å². The number of carboxylic acid groups (broad SMARTS) is 1. The molecule has 0 heterocycles. The largest absolute Gasteiger partial charge is 0.481 e. The van der Waals surface area contributed by atoms with E-state index >= 15 is 0 Å². The summed E-state index contributed by atoms with van der Waals surface area (Å²) in [4.78, 5) is 22.2. The van der Waals surface area contributed by atoms with Crippen molar-refractivity contribution in [3.05, 3.63) is 35.9 Å². The number of carbonyl (C=O) groups is 2. The van der Waals surface area contributed by atoms with Crippen molar-refractivity contribution in [1.29, 1.82) is 0 Å². The number of rotatable bonds is 20. The lowest BCUT2D eigenvalue weighted by Crippen LogP contribution is -2.37. The number of ether oxygens (including phenoxy) is 2. The molecule has 0 saturated heterocycles. The molecule has 0 saturated carbocycles. The van der Waals surface area contributed by atoms with Gasteiger partial charge in [0.15, 0.2) is 0 Å². The number of hydrogen-bond donors (Lipinski definition) is 1. The van der Waals surface area contributed by atoms with Crippen LogP contribution in [0.4, 0.5) is 0 Å². The van der Waals surface area contributed by atoms with Crippen molar-refractivity contribution in [3.63, 3.8) is 0 Å². The number of esters is 1. The molecule has 0 fully saturated rings. The maximum absolute atomic E-state index is 11.8. The normalized spacial score (nSPS) is 12.9. The van der Waals surface area contributed by atoms with Crippen molar-refractivity contribution in [1.82, 2.24) is 0 Å². The minimum absolute atomic E-state index is 0.283. The van der Waals surface area contributed by atoms with Crippen LogP contribution in [0.25, 0.3) is 0 Å². The smallest absolute Gasteiger partial charge is 0.305 e. The highest BCUT2D eigenvalue weighted by Gasteiger charge is 2.33. The molecule has 1 aromatic carbocycles. The minimum Gasteiger partial charge on any atom is -0.481 e. The van der Waals surface area contributed by atoms with E-state index in [2.05, 4.69) is 6.92 Å². The summed E-state index contributed by atoms with van der Waals surface area (Å²) in [6.45, 7) is 4.00. The molecule has 182 valence electrons. The van der Waals surface area contributed by atoms with Crippen LogP contribution in [0.5, 0.6) is 0 Å². The van der Waals surface area contributed by atoms with E-state index in [9.17, 15) is 9.59 Å². The lowest BCUT2D eigenvalue weighted by molar-refractivity contribution is -0.242. The average Bonchev–Trinajstić information content (AvgIpc) is 2.76. The first-order chi connectivity index (χ1) is 15.5. The second-order valence-corrected chi connectivity index (χ2v) is 8.81. The molecule has 1 aromatic rings. The summed E-state index contributed by atoms with van der Waals surface area (Å²) in [5.41, 5.74) is 1.09. The Kier molecular flexibility index (Phi) is 15.5. The van der Waals surface area contributed by atoms with Crippen LogP contribution in [0.1, 0.15) is 116 Å². The van der Waals surface area contributed by atoms with Crippen molar-refractivity contribution in [2.75, 3.05) is 0 Å². The predicted molar refractivity (Wildman–Crippen MR) is 128 cm³/mol. The molecule has 1 atom stereocenters. The monoisotopic (exact) mass is 448 g/mol. The Morgan fingerprint density at radius 3 is 1.84 bits per heavy atom. The molecule has 5 heteroatoms. The van der Waals surface area contributed by atoms with Gasteiger partial charge in [0.2, 0.25) is 5.79 Å². The maximum atomic E-state index is 11.8. The van der Waals surface area contributed by atoms with Crippen molar-refractivity contribution in [2.45, 2.75) is 123 Å². The number of carboxylic acids is 1. The zero-order valence-corrected chi connectivity index (χ0v) is 20.3. The third-order valence-electron chi connectivity index (χ3n) is 5.75. The Balaban J connectivity index is 2.23. The molecule has 1 N–H and O–H groups in total. The zero-order valence-electron chi connectivity index (χ0n) is 20.3. The van der Waals surface area contributed by atoms with E-state index in [0.29, 0.717) is 19.4 Å². The van der Waals surface area contributed by atoms with Crippen molar-refractivity contribution in [3.8, 4) is 0 Å². The Morgan fingerprint density at radius 2 is 1.34 bits per heavy atom. The Morgan fingerprint density at radius 1 is 0.812 bits per heavy atom. The van der Waals surface area contributed by atoms with E-state index in [0.717, 1.165) is 50.5 Å². The van der Waals surface area contributed by atoms with Crippen molar-refractivity contribution >= 4 is 11.9 Å². The van der Waals surface area contributed by atoms with Gasteiger partial charge in [0, 0.05) is 26.2 Å². The van der Waals surface area contributed by atoms with E-state index < -0.39 is 11.8 Å². The molecule has 0 spiro atoms. The molecule has 5 nitrogen and oxygen atoms in total. The van der Waals surface area contributed by atoms with E-state index in [1.165, 1.54) is 45.4 Å². The standard InChI is InChI=1S/C27H44O5/c1-3-21-27(32-24(2)28,31-23-25-18-14-13-15-19-25)22-17-12-10-8-6-4-5-7-9-11-16-20-26(29)30/h13-15,18-19H,3-12,16-17,20-23H2,1-2H3,(H,29,30). The van der Waals surface area contributed by atoms with Crippen LogP contribution in [0, 0.1) is 0 Å². The number of benzene rings is 1. The SMILES string of the molecule is CCCC(CCCCCCCCCCCCCC(=O)O)(OCc1ccccc1)OC(C)=O. The van der Waals surface area contributed by atoms with Gasteiger partial charge in [0.25, 0.3) is 0 Å². The molecule has 0 aliphatic rings. The molecule has 32 heavy (non-hydrogen) atoms. The fraction of sp³-hybridized carbons (Fsp3) is 0.704. The fourth-order valence-corrected chi connectivity index (χ4v) is 4.09. The van der Waals surface area contributed by atoms with Crippen LogP contribution in [-0.4, -0.2) is 22.8 Å². The molecule has 0 amide bonds. The van der Waals surface area contributed by atoms with Gasteiger partial charge in [0.1, 0.15) is 0 Å². The Labute approximate surface area is 194 Å². The van der Waals surface area contributed by atoms with Crippen LogP contribution >= 0.6 is 0 Å². The van der Waals surface area contributed by atoms with E-state index in [4.69, 9.17) is 14.6 Å². The number of unbranched alkanes of at least 4 members (excludes halogenated alkanes) is 10. The zero-order chi connectivity index (χ0) is 23.5. The second-order valence-electron chi connectivity index (χ2n) is 8.81. The summed E-state index contributed by atoms with van der Waals surface area (Å²) in [5.74, 6) is -1.79. The number of aliphatic carboxylic acids is 1. The van der Waals surface area contributed by atoms with E-state index in [-0.39, 0.29) is 5.97 Å². The summed E-state index contributed by atoms with van der Waals surface area (Å²) in [5, 5.41) is 8.63. The van der Waals surface area contributed by atoms with Gasteiger partial charge >= 0.3 is 11.9 Å². The molecular weight excluding hydrogens is 404 g/mol. The van der Waals surface area contributed by atoms with Gasteiger partial charge in [-0.3, -0.25) is 9.59 Å². The molecule has 1 unspecified atom stereocenters. The fourth-order valence-electron chi connectivity index (χ4n) is 4.09. The second kappa shape index (κ2) is 17.6. The van der Waals surface area contributed by atoms with Crippen molar-refractivity contribution < 1.29 is 24.2 Å². The van der Waals surface area contributed by atoms with Gasteiger partial charge in [-0.2, -0.15) is 0 Å². The number of hydrogen-bond acceptors (Lipinski definition) is 4. The summed E-state index contributed by atoms with van der Waals surface area (Å²) in [6, 6.07) is 10.0. The average molecular weight is 449 g/mol. The van der Waals surface area contributed by atoms with Gasteiger partial charge in [-0.05, 0) is 24.8 Å². The lowest BCUT2D eigenvalue weighted by Gasteiger charge is -2.33. The van der Waals surface area contributed by atoms with Crippen LogP contribution < -0.4 is 0 Å². The van der Waals surface area contributed by atoms with Gasteiger partial charge in [0.05, 0.1) is 6.61 Å². The summed E-state index contributed by atoms with van der Waals surface area (Å²) >= 11 is 0. The van der Waals surface area contributed by atoms with Gasteiger partial charge < -0.3 is 14.6 Å². The molecule has 0 aliphatic heterocycles. The van der Waals surface area contributed by atoms with Gasteiger partial charge in [-0.1, -0.05) is 95.0 Å². The predicted octanol–water partition coefficient (Wildman–Crippen LogP) is 7.42. The Bertz CT molecular complexity index is 616. The highest BCUT2D eigenvalue weighted by Crippen LogP contribution is 2.29. The van der Waals surface area contributed by atoms with E-state index in [1.807, 2.05) is 30.3 Å². The van der Waals surface area contributed by atoms with Gasteiger partial charge in [-0.25, -0.2) is 0 Å². The molecule has 0 aromatic heterocycles.